The summed E-state index contributed by atoms with van der Waals surface area (Å²) in [4.78, 5) is 38.4. The summed E-state index contributed by atoms with van der Waals surface area (Å²) in [6.45, 7) is 7.48. The Hall–Kier alpha value is -4.34. The quantitative estimate of drug-likeness (QED) is 0.409. The van der Waals surface area contributed by atoms with Crippen LogP contribution < -0.4 is 5.32 Å². The number of benzene rings is 1. The molecule has 0 saturated heterocycles. The molecular weight excluding hydrogens is 436 g/mol. The van der Waals surface area contributed by atoms with Gasteiger partial charge < -0.3 is 14.8 Å². The number of nitrogens with zero attached hydrogens (tertiary/aromatic N) is 5. The summed E-state index contributed by atoms with van der Waals surface area (Å²) < 4.78 is 11.8. The smallest absolute Gasteiger partial charge is 0.343 e. The molecule has 0 amide bonds. The monoisotopic (exact) mass is 460 g/mol. The summed E-state index contributed by atoms with van der Waals surface area (Å²) in [5.74, 6) is 0.183. The van der Waals surface area contributed by atoms with Crippen molar-refractivity contribution in [2.75, 3.05) is 18.5 Å². The first kappa shape index (κ1) is 22.8. The summed E-state index contributed by atoms with van der Waals surface area (Å²) in [5.41, 5.74) is 2.06. The van der Waals surface area contributed by atoms with Gasteiger partial charge in [-0.2, -0.15) is 9.78 Å². The molecule has 4 aromatic rings. The molecule has 0 radical (unpaired) electrons. The molecule has 34 heavy (non-hydrogen) atoms. The number of aromatic nitrogens is 5. The maximum atomic E-state index is 12.7. The van der Waals surface area contributed by atoms with Crippen LogP contribution in [0.25, 0.3) is 16.7 Å². The van der Waals surface area contributed by atoms with Crippen molar-refractivity contribution >= 4 is 34.5 Å². The Balaban J connectivity index is 1.88. The van der Waals surface area contributed by atoms with Gasteiger partial charge in [0.2, 0.25) is 0 Å². The van der Waals surface area contributed by atoms with Gasteiger partial charge in [-0.05, 0) is 45.4 Å². The number of hydrogen-bond acceptors (Lipinski definition) is 9. The van der Waals surface area contributed by atoms with Gasteiger partial charge in [-0.25, -0.2) is 24.5 Å². The van der Waals surface area contributed by atoms with Crippen LogP contribution in [0.1, 0.15) is 46.0 Å². The second-order valence-corrected chi connectivity index (χ2v) is 7.38. The van der Waals surface area contributed by atoms with Crippen molar-refractivity contribution in [3.05, 3.63) is 65.2 Å². The van der Waals surface area contributed by atoms with Gasteiger partial charge in [0.05, 0.1) is 24.9 Å². The summed E-state index contributed by atoms with van der Waals surface area (Å²) in [7, 11) is 0. The van der Waals surface area contributed by atoms with E-state index in [1.54, 1.807) is 20.8 Å². The SMILES string of the molecule is CCOC(=O)c1cnc(C)nc1Nc1c(C(=O)OCC)cnn1-c1cc(C)c2ccccc2n1. The minimum absolute atomic E-state index is 0.123. The van der Waals surface area contributed by atoms with Crippen molar-refractivity contribution in [3.8, 4) is 5.82 Å². The minimum Gasteiger partial charge on any atom is -0.462 e. The number of esters is 2. The molecule has 0 aliphatic carbocycles. The Morgan fingerprint density at radius 1 is 0.971 bits per heavy atom. The maximum absolute atomic E-state index is 12.7. The first-order valence-electron chi connectivity index (χ1n) is 10.8. The fourth-order valence-electron chi connectivity index (χ4n) is 3.48. The molecule has 0 atom stereocenters. The number of hydrogen-bond donors (Lipinski definition) is 1. The van der Waals surface area contributed by atoms with E-state index >= 15 is 0 Å². The largest absolute Gasteiger partial charge is 0.462 e. The molecule has 0 bridgehead atoms. The average molecular weight is 460 g/mol. The lowest BCUT2D eigenvalue weighted by Crippen LogP contribution is -2.15. The fourth-order valence-corrected chi connectivity index (χ4v) is 3.48. The zero-order valence-electron chi connectivity index (χ0n) is 19.3. The molecule has 1 N–H and O–H groups in total. The Labute approximate surface area is 196 Å². The zero-order valence-corrected chi connectivity index (χ0v) is 19.3. The number of carbonyl (C=O) groups is 2. The van der Waals surface area contributed by atoms with Crippen molar-refractivity contribution in [2.24, 2.45) is 0 Å². The normalized spacial score (nSPS) is 10.8. The molecule has 3 heterocycles. The molecule has 0 aliphatic rings. The van der Waals surface area contributed by atoms with Crippen LogP contribution >= 0.6 is 0 Å². The standard InChI is InChI=1S/C24H24N6O4/c1-5-33-23(31)17-12-25-15(4)27-21(17)29-22-18(24(32)34-6-2)13-26-30(22)20-11-14(3)16-9-7-8-10-19(16)28-20/h7-13H,5-6H2,1-4H3,(H,25,27,29). The highest BCUT2D eigenvalue weighted by Crippen LogP contribution is 2.28. The summed E-state index contributed by atoms with van der Waals surface area (Å²) >= 11 is 0. The number of nitrogens with one attached hydrogen (secondary N) is 1. The number of para-hydroxylation sites is 1. The maximum Gasteiger partial charge on any atom is 0.343 e. The predicted molar refractivity (Wildman–Crippen MR) is 126 cm³/mol. The van der Waals surface area contributed by atoms with Gasteiger partial charge in [-0.15, -0.1) is 0 Å². The van der Waals surface area contributed by atoms with E-state index in [1.165, 1.54) is 17.1 Å². The second-order valence-electron chi connectivity index (χ2n) is 7.38. The number of ether oxygens (including phenoxy) is 2. The van der Waals surface area contributed by atoms with Crippen LogP contribution in [-0.4, -0.2) is 49.9 Å². The first-order valence-corrected chi connectivity index (χ1v) is 10.8. The van der Waals surface area contributed by atoms with Gasteiger partial charge in [-0.1, -0.05) is 18.2 Å². The van der Waals surface area contributed by atoms with Crippen molar-refractivity contribution in [2.45, 2.75) is 27.7 Å². The molecule has 0 spiro atoms. The van der Waals surface area contributed by atoms with Crippen molar-refractivity contribution < 1.29 is 19.1 Å². The van der Waals surface area contributed by atoms with Crippen LogP contribution in [0.3, 0.4) is 0 Å². The highest BCUT2D eigenvalue weighted by Gasteiger charge is 2.24. The molecule has 0 saturated carbocycles. The van der Waals surface area contributed by atoms with Crippen LogP contribution in [0.15, 0.2) is 42.7 Å². The van der Waals surface area contributed by atoms with Gasteiger partial charge in [0.1, 0.15) is 22.8 Å². The fraction of sp³-hybridized carbons (Fsp3) is 0.250. The Morgan fingerprint density at radius 3 is 2.41 bits per heavy atom. The van der Waals surface area contributed by atoms with Crippen LogP contribution in [0.5, 0.6) is 0 Å². The molecule has 10 nitrogen and oxygen atoms in total. The molecule has 4 rings (SSSR count). The second kappa shape index (κ2) is 9.65. The molecule has 174 valence electrons. The number of pyridine rings is 1. The molecule has 10 heteroatoms. The van der Waals surface area contributed by atoms with Crippen molar-refractivity contribution in [1.82, 2.24) is 24.7 Å². The number of aryl methyl sites for hydroxylation is 2. The topological polar surface area (TPSA) is 121 Å². The van der Waals surface area contributed by atoms with Crippen LogP contribution in [0.4, 0.5) is 11.6 Å². The third-order valence-electron chi connectivity index (χ3n) is 5.03. The van der Waals surface area contributed by atoms with Gasteiger partial charge in [0, 0.05) is 11.6 Å². The van der Waals surface area contributed by atoms with Gasteiger partial charge in [-0.3, -0.25) is 0 Å². The number of rotatable bonds is 7. The van der Waals surface area contributed by atoms with E-state index in [1.807, 2.05) is 37.3 Å². The Morgan fingerprint density at radius 2 is 1.68 bits per heavy atom. The lowest BCUT2D eigenvalue weighted by Gasteiger charge is -2.14. The van der Waals surface area contributed by atoms with Gasteiger partial charge in [0.15, 0.2) is 11.6 Å². The summed E-state index contributed by atoms with van der Waals surface area (Å²) in [6, 6.07) is 9.61. The van der Waals surface area contributed by atoms with Crippen LogP contribution in [0, 0.1) is 13.8 Å². The van der Waals surface area contributed by atoms with E-state index in [-0.39, 0.29) is 36.0 Å². The van der Waals surface area contributed by atoms with Gasteiger partial charge in [0.25, 0.3) is 0 Å². The van der Waals surface area contributed by atoms with Crippen molar-refractivity contribution in [1.29, 1.82) is 0 Å². The van der Waals surface area contributed by atoms with Gasteiger partial charge >= 0.3 is 11.9 Å². The summed E-state index contributed by atoms with van der Waals surface area (Å²) in [5, 5.41) is 8.49. The lowest BCUT2D eigenvalue weighted by atomic mass is 10.1. The van der Waals surface area contributed by atoms with E-state index in [0.717, 1.165) is 16.5 Å². The third-order valence-corrected chi connectivity index (χ3v) is 5.03. The van der Waals surface area contributed by atoms with E-state index in [0.29, 0.717) is 11.6 Å². The highest BCUT2D eigenvalue weighted by atomic mass is 16.5. The minimum atomic E-state index is -0.589. The third kappa shape index (κ3) is 4.42. The Kier molecular flexibility index (Phi) is 6.48. The molecule has 0 fully saturated rings. The van der Waals surface area contributed by atoms with E-state index in [2.05, 4.69) is 20.4 Å². The van der Waals surface area contributed by atoms with E-state index in [9.17, 15) is 9.59 Å². The Bertz CT molecular complexity index is 1380. The molecular formula is C24H24N6O4. The predicted octanol–water partition coefficient (Wildman–Crippen LogP) is 3.92. The number of carbonyl (C=O) groups excluding carboxylic acids is 2. The summed E-state index contributed by atoms with van der Waals surface area (Å²) in [6.07, 6.45) is 2.77. The lowest BCUT2D eigenvalue weighted by molar-refractivity contribution is 0.0518. The van der Waals surface area contributed by atoms with Crippen molar-refractivity contribution in [3.63, 3.8) is 0 Å². The molecule has 1 aromatic carbocycles. The van der Waals surface area contributed by atoms with Crippen LogP contribution in [0.2, 0.25) is 0 Å². The highest BCUT2D eigenvalue weighted by molar-refractivity contribution is 5.98. The number of fused-ring (bicyclic) bond motifs is 1. The molecule has 3 aromatic heterocycles. The zero-order chi connectivity index (χ0) is 24.2. The average Bonchev–Trinajstić information content (AvgIpc) is 3.23. The van der Waals surface area contributed by atoms with E-state index < -0.39 is 11.9 Å². The van der Waals surface area contributed by atoms with Crippen LogP contribution in [-0.2, 0) is 9.47 Å². The first-order chi connectivity index (χ1) is 16.4. The molecule has 0 unspecified atom stereocenters. The number of anilines is 2. The molecule has 0 aliphatic heterocycles. The van der Waals surface area contributed by atoms with E-state index in [4.69, 9.17) is 14.5 Å².